The minimum absolute atomic E-state index is 0.129. The molecule has 1 saturated heterocycles. The smallest absolute Gasteiger partial charge is 0.143 e. The summed E-state index contributed by atoms with van der Waals surface area (Å²) in [5.74, 6) is 0.882. The van der Waals surface area contributed by atoms with Gasteiger partial charge >= 0.3 is 0 Å². The Hall–Kier alpha value is -1.52. The van der Waals surface area contributed by atoms with Gasteiger partial charge in [0.1, 0.15) is 5.82 Å². The summed E-state index contributed by atoms with van der Waals surface area (Å²) in [6, 6.07) is 8.12. The fraction of sp³-hybridized carbons (Fsp3) is 0.467. The molecule has 1 N–H and O–H groups in total. The number of aromatic nitrogens is 2. The van der Waals surface area contributed by atoms with Crippen LogP contribution in [0.5, 0.6) is 0 Å². The molecule has 0 aliphatic carbocycles. The van der Waals surface area contributed by atoms with E-state index >= 15 is 0 Å². The van der Waals surface area contributed by atoms with E-state index in [1.807, 2.05) is 25.1 Å². The molecule has 0 unspecified atom stereocenters. The third kappa shape index (κ3) is 2.74. The van der Waals surface area contributed by atoms with Crippen molar-refractivity contribution >= 4 is 10.9 Å². The zero-order chi connectivity index (χ0) is 13.2. The summed E-state index contributed by atoms with van der Waals surface area (Å²) in [6.07, 6.45) is 1.58. The summed E-state index contributed by atoms with van der Waals surface area (Å²) in [6.45, 7) is 4.67. The quantitative estimate of drug-likeness (QED) is 0.892. The van der Waals surface area contributed by atoms with Crippen LogP contribution in [-0.2, 0) is 6.54 Å². The maximum absolute atomic E-state index is 9.52. The highest BCUT2D eigenvalue weighted by Gasteiger charge is 2.18. The van der Waals surface area contributed by atoms with Crippen LogP contribution in [0, 0.1) is 6.92 Å². The number of fused-ring (bicyclic) bond motifs is 1. The van der Waals surface area contributed by atoms with Crippen molar-refractivity contribution < 1.29 is 5.11 Å². The normalized spacial score (nSPS) is 18.0. The van der Waals surface area contributed by atoms with Gasteiger partial charge in [-0.15, -0.1) is 0 Å². The molecular weight excluding hydrogens is 238 g/mol. The summed E-state index contributed by atoms with van der Waals surface area (Å²) in [5.41, 5.74) is 2.06. The zero-order valence-electron chi connectivity index (χ0n) is 11.2. The monoisotopic (exact) mass is 257 g/mol. The Morgan fingerprint density at radius 2 is 1.95 bits per heavy atom. The Labute approximate surface area is 113 Å². The van der Waals surface area contributed by atoms with Gasteiger partial charge in [0.25, 0.3) is 0 Å². The van der Waals surface area contributed by atoms with Crippen molar-refractivity contribution in [3.63, 3.8) is 0 Å². The van der Waals surface area contributed by atoms with E-state index in [9.17, 15) is 5.11 Å². The molecule has 0 amide bonds. The summed E-state index contributed by atoms with van der Waals surface area (Å²) in [7, 11) is 0. The van der Waals surface area contributed by atoms with E-state index < -0.39 is 0 Å². The van der Waals surface area contributed by atoms with Crippen molar-refractivity contribution in [2.45, 2.75) is 32.4 Å². The SMILES string of the molecule is Cc1nc(CN2CCC(O)CC2)nc2ccccc12. The Balaban J connectivity index is 1.81. The second-order valence-corrected chi connectivity index (χ2v) is 5.25. The molecular formula is C15H19N3O. The Morgan fingerprint density at radius 1 is 1.21 bits per heavy atom. The first-order valence-corrected chi connectivity index (χ1v) is 6.85. The van der Waals surface area contributed by atoms with Crippen LogP contribution in [0.4, 0.5) is 0 Å². The lowest BCUT2D eigenvalue weighted by atomic mass is 10.1. The Bertz CT molecular complexity index is 577. The first-order chi connectivity index (χ1) is 9.22. The van der Waals surface area contributed by atoms with Crippen LogP contribution in [-0.4, -0.2) is 39.2 Å². The number of hydrogen-bond donors (Lipinski definition) is 1. The first kappa shape index (κ1) is 12.5. The number of piperidine rings is 1. The average molecular weight is 257 g/mol. The van der Waals surface area contributed by atoms with Gasteiger partial charge in [0.2, 0.25) is 0 Å². The number of aliphatic hydroxyl groups excluding tert-OH is 1. The molecule has 100 valence electrons. The molecule has 4 nitrogen and oxygen atoms in total. The minimum Gasteiger partial charge on any atom is -0.393 e. The molecule has 19 heavy (non-hydrogen) atoms. The van der Waals surface area contributed by atoms with Gasteiger partial charge in [-0.25, -0.2) is 9.97 Å². The van der Waals surface area contributed by atoms with Gasteiger partial charge in [0.15, 0.2) is 0 Å². The molecule has 0 spiro atoms. The van der Waals surface area contributed by atoms with Gasteiger partial charge in [0, 0.05) is 24.2 Å². The summed E-state index contributed by atoms with van der Waals surface area (Å²) >= 11 is 0. The molecule has 2 aromatic rings. The van der Waals surface area contributed by atoms with Gasteiger partial charge in [-0.1, -0.05) is 18.2 Å². The van der Waals surface area contributed by atoms with Crippen LogP contribution < -0.4 is 0 Å². The number of likely N-dealkylation sites (tertiary alicyclic amines) is 1. The van der Waals surface area contributed by atoms with E-state index in [0.717, 1.165) is 54.9 Å². The van der Waals surface area contributed by atoms with Crippen molar-refractivity contribution in [1.29, 1.82) is 0 Å². The molecule has 0 saturated carbocycles. The minimum atomic E-state index is -0.129. The number of hydrogen-bond acceptors (Lipinski definition) is 4. The maximum atomic E-state index is 9.52. The molecule has 1 aliphatic heterocycles. The van der Waals surface area contributed by atoms with Crippen LogP contribution in [0.15, 0.2) is 24.3 Å². The lowest BCUT2D eigenvalue weighted by molar-refractivity contribution is 0.0780. The van der Waals surface area contributed by atoms with Crippen molar-refractivity contribution in [2.24, 2.45) is 0 Å². The van der Waals surface area contributed by atoms with E-state index in [-0.39, 0.29) is 6.10 Å². The molecule has 1 fully saturated rings. The zero-order valence-corrected chi connectivity index (χ0v) is 11.2. The largest absolute Gasteiger partial charge is 0.393 e. The highest BCUT2D eigenvalue weighted by Crippen LogP contribution is 2.17. The molecule has 1 aromatic carbocycles. The molecule has 0 atom stereocenters. The second kappa shape index (κ2) is 5.23. The topological polar surface area (TPSA) is 49.2 Å². The number of aryl methyl sites for hydroxylation is 1. The van der Waals surface area contributed by atoms with Gasteiger partial charge in [-0.2, -0.15) is 0 Å². The predicted molar refractivity (Wildman–Crippen MR) is 74.8 cm³/mol. The fourth-order valence-corrected chi connectivity index (χ4v) is 2.64. The number of nitrogens with zero attached hydrogens (tertiary/aromatic N) is 3. The van der Waals surface area contributed by atoms with Crippen LogP contribution >= 0.6 is 0 Å². The van der Waals surface area contributed by atoms with Gasteiger partial charge in [0.05, 0.1) is 18.2 Å². The maximum Gasteiger partial charge on any atom is 0.143 e. The van der Waals surface area contributed by atoms with E-state index in [1.54, 1.807) is 0 Å². The number of para-hydroxylation sites is 1. The Morgan fingerprint density at radius 3 is 2.74 bits per heavy atom. The number of rotatable bonds is 2. The van der Waals surface area contributed by atoms with Crippen molar-refractivity contribution in [3.8, 4) is 0 Å². The first-order valence-electron chi connectivity index (χ1n) is 6.85. The summed E-state index contributed by atoms with van der Waals surface area (Å²) < 4.78 is 0. The third-order valence-electron chi connectivity index (χ3n) is 3.76. The van der Waals surface area contributed by atoms with Gasteiger partial charge < -0.3 is 5.11 Å². The van der Waals surface area contributed by atoms with E-state index in [2.05, 4.69) is 20.9 Å². The molecule has 1 aliphatic rings. The van der Waals surface area contributed by atoms with Crippen LogP contribution in [0.25, 0.3) is 10.9 Å². The van der Waals surface area contributed by atoms with Crippen LogP contribution in [0.2, 0.25) is 0 Å². The number of benzene rings is 1. The second-order valence-electron chi connectivity index (χ2n) is 5.25. The standard InChI is InChI=1S/C15H19N3O/c1-11-13-4-2-3-5-14(13)17-15(16-11)10-18-8-6-12(19)7-9-18/h2-5,12,19H,6-10H2,1H3. The Kier molecular flexibility index (Phi) is 3.44. The predicted octanol–water partition coefficient (Wildman–Crippen LogP) is 1.89. The molecule has 4 heteroatoms. The highest BCUT2D eigenvalue weighted by molar-refractivity contribution is 5.80. The highest BCUT2D eigenvalue weighted by atomic mass is 16.3. The van der Waals surface area contributed by atoms with Crippen molar-refractivity contribution in [3.05, 3.63) is 35.8 Å². The lowest BCUT2D eigenvalue weighted by Crippen LogP contribution is -2.35. The van der Waals surface area contributed by atoms with Crippen LogP contribution in [0.3, 0.4) is 0 Å². The molecule has 3 rings (SSSR count). The van der Waals surface area contributed by atoms with E-state index in [0.29, 0.717) is 0 Å². The van der Waals surface area contributed by atoms with E-state index in [1.165, 1.54) is 0 Å². The van der Waals surface area contributed by atoms with E-state index in [4.69, 9.17) is 0 Å². The average Bonchev–Trinajstić information content (AvgIpc) is 2.42. The lowest BCUT2D eigenvalue weighted by Gasteiger charge is -2.28. The number of aliphatic hydroxyl groups is 1. The molecule has 2 heterocycles. The van der Waals surface area contributed by atoms with Gasteiger partial charge in [-0.3, -0.25) is 4.90 Å². The molecule has 0 radical (unpaired) electrons. The molecule has 0 bridgehead atoms. The fourth-order valence-electron chi connectivity index (χ4n) is 2.64. The summed E-state index contributed by atoms with van der Waals surface area (Å²) in [4.78, 5) is 11.5. The third-order valence-corrected chi connectivity index (χ3v) is 3.76. The molecule has 1 aromatic heterocycles. The van der Waals surface area contributed by atoms with Crippen LogP contribution in [0.1, 0.15) is 24.4 Å². The van der Waals surface area contributed by atoms with Gasteiger partial charge in [-0.05, 0) is 25.8 Å². The summed E-state index contributed by atoms with van der Waals surface area (Å²) in [5, 5.41) is 10.6. The van der Waals surface area contributed by atoms with Crippen molar-refractivity contribution in [2.75, 3.05) is 13.1 Å². The van der Waals surface area contributed by atoms with Crippen molar-refractivity contribution in [1.82, 2.24) is 14.9 Å².